The lowest BCUT2D eigenvalue weighted by atomic mass is 10.2. The summed E-state index contributed by atoms with van der Waals surface area (Å²) in [5, 5.41) is 19.2. The summed E-state index contributed by atoms with van der Waals surface area (Å²) in [6.07, 6.45) is 0. The summed E-state index contributed by atoms with van der Waals surface area (Å²) in [6, 6.07) is 8.91. The molecule has 2 rings (SSSR count). The smallest absolute Gasteiger partial charge is 0.125 e. The van der Waals surface area contributed by atoms with Crippen molar-refractivity contribution in [2.24, 2.45) is 0 Å². The molecule has 1 aromatic carbocycles. The van der Waals surface area contributed by atoms with E-state index in [0.29, 0.717) is 17.8 Å². The van der Waals surface area contributed by atoms with E-state index < -0.39 is 0 Å². The van der Waals surface area contributed by atoms with Crippen molar-refractivity contribution in [1.29, 1.82) is 5.26 Å². The van der Waals surface area contributed by atoms with Crippen LogP contribution < -0.4 is 0 Å². The topological polar surface area (TPSA) is 58.2 Å². The Morgan fingerprint density at radius 2 is 2.33 bits per heavy atom. The van der Waals surface area contributed by atoms with E-state index in [1.807, 2.05) is 6.07 Å². The van der Waals surface area contributed by atoms with E-state index in [9.17, 15) is 5.11 Å². The van der Waals surface area contributed by atoms with Gasteiger partial charge in [-0.05, 0) is 18.2 Å². The third-order valence-electron chi connectivity index (χ3n) is 2.30. The Morgan fingerprint density at radius 1 is 1.53 bits per heavy atom. The van der Waals surface area contributed by atoms with Crippen LogP contribution in [-0.4, -0.2) is 16.8 Å². The number of methoxy groups -OCH3 is 1. The van der Waals surface area contributed by atoms with Gasteiger partial charge in [0.15, 0.2) is 0 Å². The number of phenolic OH excluding ortho intramolecular Hbond substituents is 1. The van der Waals surface area contributed by atoms with Gasteiger partial charge in [0.1, 0.15) is 24.2 Å². The standard InChI is InChI=1S/C11H10N2O2/c1-15-7-13-8(6-12)5-9-10(13)3-2-4-11(9)14/h2-5,14H,7H2,1H3. The van der Waals surface area contributed by atoms with Gasteiger partial charge in [-0.15, -0.1) is 0 Å². The monoisotopic (exact) mass is 202 g/mol. The molecule has 4 nitrogen and oxygen atoms in total. The van der Waals surface area contributed by atoms with Gasteiger partial charge in [-0.3, -0.25) is 0 Å². The Bertz CT molecular complexity index is 537. The van der Waals surface area contributed by atoms with Crippen molar-refractivity contribution in [1.82, 2.24) is 4.57 Å². The maximum atomic E-state index is 9.61. The predicted molar refractivity (Wildman–Crippen MR) is 55.3 cm³/mol. The molecule has 1 heterocycles. The first-order chi connectivity index (χ1) is 7.27. The molecule has 0 saturated carbocycles. The molecule has 0 aliphatic heterocycles. The highest BCUT2D eigenvalue weighted by Crippen LogP contribution is 2.27. The van der Waals surface area contributed by atoms with Gasteiger partial charge in [0.2, 0.25) is 0 Å². The highest BCUT2D eigenvalue weighted by atomic mass is 16.5. The number of benzene rings is 1. The molecule has 0 unspecified atom stereocenters. The van der Waals surface area contributed by atoms with Crippen LogP contribution in [0.3, 0.4) is 0 Å². The summed E-state index contributed by atoms with van der Waals surface area (Å²) in [6.45, 7) is 0.301. The van der Waals surface area contributed by atoms with E-state index in [2.05, 4.69) is 6.07 Å². The average molecular weight is 202 g/mol. The van der Waals surface area contributed by atoms with Gasteiger partial charge in [-0.25, -0.2) is 0 Å². The molecule has 0 aliphatic carbocycles. The van der Waals surface area contributed by atoms with Crippen molar-refractivity contribution in [2.45, 2.75) is 6.73 Å². The van der Waals surface area contributed by atoms with E-state index in [4.69, 9.17) is 10.00 Å². The predicted octanol–water partition coefficient (Wildman–Crippen LogP) is 1.82. The molecule has 0 bridgehead atoms. The molecule has 0 aliphatic rings. The zero-order chi connectivity index (χ0) is 10.8. The Hall–Kier alpha value is -1.99. The third kappa shape index (κ3) is 1.43. The van der Waals surface area contributed by atoms with Crippen molar-refractivity contribution in [3.05, 3.63) is 30.0 Å². The van der Waals surface area contributed by atoms with Gasteiger partial charge < -0.3 is 14.4 Å². The maximum absolute atomic E-state index is 9.61. The molecule has 76 valence electrons. The summed E-state index contributed by atoms with van der Waals surface area (Å²) < 4.78 is 6.72. The van der Waals surface area contributed by atoms with Gasteiger partial charge in [0, 0.05) is 12.5 Å². The first kappa shape index (κ1) is 9.56. The number of hydrogen-bond acceptors (Lipinski definition) is 3. The minimum absolute atomic E-state index is 0.179. The van der Waals surface area contributed by atoms with Crippen LogP contribution >= 0.6 is 0 Å². The fourth-order valence-electron chi connectivity index (χ4n) is 1.63. The summed E-state index contributed by atoms with van der Waals surface area (Å²) in [4.78, 5) is 0. The highest BCUT2D eigenvalue weighted by molar-refractivity contribution is 5.87. The SMILES string of the molecule is COCn1c(C#N)cc2c(O)cccc21. The largest absolute Gasteiger partial charge is 0.507 e. The Balaban J connectivity index is 2.76. The van der Waals surface area contributed by atoms with Crippen LogP contribution in [0.5, 0.6) is 5.75 Å². The molecule has 0 radical (unpaired) electrons. The van der Waals surface area contributed by atoms with Crippen LogP contribution in [0, 0.1) is 11.3 Å². The van der Waals surface area contributed by atoms with Gasteiger partial charge in [-0.2, -0.15) is 5.26 Å². The molecule has 0 atom stereocenters. The molecule has 2 aromatic rings. The normalized spacial score (nSPS) is 10.4. The van der Waals surface area contributed by atoms with Crippen molar-refractivity contribution in [3.8, 4) is 11.8 Å². The number of fused-ring (bicyclic) bond motifs is 1. The van der Waals surface area contributed by atoms with Crippen LogP contribution in [0.25, 0.3) is 10.9 Å². The number of hydrogen-bond donors (Lipinski definition) is 1. The number of aromatic hydroxyl groups is 1. The highest BCUT2D eigenvalue weighted by Gasteiger charge is 2.10. The lowest BCUT2D eigenvalue weighted by Gasteiger charge is -2.04. The number of rotatable bonds is 2. The van der Waals surface area contributed by atoms with Gasteiger partial charge in [-0.1, -0.05) is 6.07 Å². The molecule has 0 spiro atoms. The third-order valence-corrected chi connectivity index (χ3v) is 2.30. The van der Waals surface area contributed by atoms with E-state index in [0.717, 1.165) is 5.52 Å². The molecule has 0 fully saturated rings. The quantitative estimate of drug-likeness (QED) is 0.808. The molecule has 0 amide bonds. The second-order valence-corrected chi connectivity index (χ2v) is 3.20. The van der Waals surface area contributed by atoms with E-state index >= 15 is 0 Å². The summed E-state index contributed by atoms with van der Waals surface area (Å²) >= 11 is 0. The summed E-state index contributed by atoms with van der Waals surface area (Å²) in [7, 11) is 1.57. The van der Waals surface area contributed by atoms with Crippen LogP contribution in [0.2, 0.25) is 0 Å². The Morgan fingerprint density at radius 3 is 3.00 bits per heavy atom. The molecule has 15 heavy (non-hydrogen) atoms. The van der Waals surface area contributed by atoms with E-state index in [1.54, 1.807) is 29.9 Å². The molecule has 0 saturated heterocycles. The lowest BCUT2D eigenvalue weighted by Crippen LogP contribution is -2.01. The van der Waals surface area contributed by atoms with Crippen molar-refractivity contribution in [3.63, 3.8) is 0 Å². The van der Waals surface area contributed by atoms with Crippen LogP contribution in [0.4, 0.5) is 0 Å². The minimum Gasteiger partial charge on any atom is -0.507 e. The fourth-order valence-corrected chi connectivity index (χ4v) is 1.63. The molecule has 1 aromatic heterocycles. The van der Waals surface area contributed by atoms with Gasteiger partial charge in [0.25, 0.3) is 0 Å². The number of aromatic nitrogens is 1. The number of ether oxygens (including phenoxy) is 1. The second-order valence-electron chi connectivity index (χ2n) is 3.20. The zero-order valence-electron chi connectivity index (χ0n) is 8.27. The van der Waals surface area contributed by atoms with Crippen molar-refractivity contribution < 1.29 is 9.84 Å². The van der Waals surface area contributed by atoms with Gasteiger partial charge in [0.05, 0.1) is 5.52 Å². The summed E-state index contributed by atoms with van der Waals surface area (Å²) in [5.74, 6) is 0.179. The number of nitrogens with zero attached hydrogens (tertiary/aromatic N) is 2. The van der Waals surface area contributed by atoms with E-state index in [-0.39, 0.29) is 5.75 Å². The number of nitriles is 1. The average Bonchev–Trinajstić information content (AvgIpc) is 2.59. The van der Waals surface area contributed by atoms with Crippen LogP contribution in [0.1, 0.15) is 5.69 Å². The van der Waals surface area contributed by atoms with Gasteiger partial charge >= 0.3 is 0 Å². The fraction of sp³-hybridized carbons (Fsp3) is 0.182. The number of phenols is 1. The first-order valence-electron chi connectivity index (χ1n) is 4.48. The molecular formula is C11H10N2O2. The Labute approximate surface area is 86.9 Å². The second kappa shape index (κ2) is 3.64. The minimum atomic E-state index is 0.179. The van der Waals surface area contributed by atoms with E-state index in [1.165, 1.54) is 0 Å². The van der Waals surface area contributed by atoms with Crippen molar-refractivity contribution >= 4 is 10.9 Å². The molecular weight excluding hydrogens is 192 g/mol. The maximum Gasteiger partial charge on any atom is 0.125 e. The summed E-state index contributed by atoms with van der Waals surface area (Å²) in [5.41, 5.74) is 1.28. The molecule has 4 heteroatoms. The van der Waals surface area contributed by atoms with Crippen molar-refractivity contribution in [2.75, 3.05) is 7.11 Å². The van der Waals surface area contributed by atoms with Crippen LogP contribution in [0.15, 0.2) is 24.3 Å². The Kier molecular flexibility index (Phi) is 2.32. The zero-order valence-corrected chi connectivity index (χ0v) is 8.27. The first-order valence-corrected chi connectivity index (χ1v) is 4.48. The van der Waals surface area contributed by atoms with Crippen LogP contribution in [-0.2, 0) is 11.5 Å². The molecule has 1 N–H and O–H groups in total. The lowest BCUT2D eigenvalue weighted by molar-refractivity contribution is 0.134.